The maximum atomic E-state index is 10.3. The minimum atomic E-state index is -0.482. The van der Waals surface area contributed by atoms with Crippen LogP contribution in [0.15, 0.2) is 35.5 Å². The maximum Gasteiger partial charge on any atom is 0.132 e. The average Bonchev–Trinajstić information content (AvgIpc) is 2.86. The highest BCUT2D eigenvalue weighted by Gasteiger charge is 2.24. The summed E-state index contributed by atoms with van der Waals surface area (Å²) in [6.45, 7) is 6.00. The van der Waals surface area contributed by atoms with Gasteiger partial charge in [-0.25, -0.2) is 0 Å². The van der Waals surface area contributed by atoms with E-state index in [9.17, 15) is 5.11 Å². The number of nitrogens with zero attached hydrogens (tertiary/aromatic N) is 1. The predicted molar refractivity (Wildman–Crippen MR) is 76.9 cm³/mol. The number of aliphatic hydroxyl groups excluding tert-OH is 1. The maximum absolute atomic E-state index is 10.3. The van der Waals surface area contributed by atoms with Crippen molar-refractivity contribution in [2.45, 2.75) is 50.7 Å². The van der Waals surface area contributed by atoms with E-state index in [4.69, 9.17) is 4.42 Å². The highest BCUT2D eigenvalue weighted by atomic mass is 16.4. The van der Waals surface area contributed by atoms with Crippen LogP contribution in [0.5, 0.6) is 0 Å². The zero-order chi connectivity index (χ0) is 13.5. The summed E-state index contributed by atoms with van der Waals surface area (Å²) in [6.07, 6.45) is 9.92. The third kappa shape index (κ3) is 4.22. The monoisotopic (exact) mass is 263 g/mol. The summed E-state index contributed by atoms with van der Waals surface area (Å²) in [5.74, 6) is 0.688. The molecule has 3 heteroatoms. The van der Waals surface area contributed by atoms with Crippen molar-refractivity contribution in [1.29, 1.82) is 0 Å². The minimum absolute atomic E-state index is 0.461. The normalized spacial score (nSPS) is 22.9. The first-order valence-electron chi connectivity index (χ1n) is 7.37. The van der Waals surface area contributed by atoms with Crippen molar-refractivity contribution < 1.29 is 9.52 Å². The van der Waals surface area contributed by atoms with E-state index in [2.05, 4.69) is 11.5 Å². The number of likely N-dealkylation sites (tertiary alicyclic amines) is 1. The first-order valence-corrected chi connectivity index (χ1v) is 7.37. The number of furan rings is 1. The number of hydrogen-bond donors (Lipinski definition) is 1. The first-order chi connectivity index (χ1) is 9.31. The molecule has 0 saturated carbocycles. The Hall–Kier alpha value is -1.06. The molecule has 19 heavy (non-hydrogen) atoms. The van der Waals surface area contributed by atoms with E-state index in [-0.39, 0.29) is 0 Å². The molecule has 0 amide bonds. The van der Waals surface area contributed by atoms with Gasteiger partial charge in [-0.3, -0.25) is 4.90 Å². The highest BCUT2D eigenvalue weighted by Crippen LogP contribution is 2.26. The lowest BCUT2D eigenvalue weighted by atomic mass is 10.0. The summed E-state index contributed by atoms with van der Waals surface area (Å²) in [5.41, 5.74) is 0. The fourth-order valence-corrected chi connectivity index (χ4v) is 2.91. The lowest BCUT2D eigenvalue weighted by molar-refractivity contribution is 0.0870. The van der Waals surface area contributed by atoms with Crippen LogP contribution in [0, 0.1) is 0 Å². The van der Waals surface area contributed by atoms with Gasteiger partial charge in [0.1, 0.15) is 11.9 Å². The number of aliphatic hydroxyl groups is 1. The summed E-state index contributed by atoms with van der Waals surface area (Å²) in [4.78, 5) is 2.51. The summed E-state index contributed by atoms with van der Waals surface area (Å²) in [6, 6.07) is 4.15. The molecular weight excluding hydrogens is 238 g/mol. The second-order valence-corrected chi connectivity index (χ2v) is 5.38. The van der Waals surface area contributed by atoms with Gasteiger partial charge in [0.15, 0.2) is 0 Å². The second-order valence-electron chi connectivity index (χ2n) is 5.38. The van der Waals surface area contributed by atoms with Crippen molar-refractivity contribution in [1.82, 2.24) is 4.90 Å². The largest absolute Gasteiger partial charge is 0.467 e. The minimum Gasteiger partial charge on any atom is -0.467 e. The highest BCUT2D eigenvalue weighted by molar-refractivity contribution is 5.02. The standard InChI is InChI=1S/C16H25NO2/c1-2-3-10-17-11-6-4-5-8-14(17)13-15(18)16-9-7-12-19-16/h2,7,9,12,14-15,18H,1,3-6,8,10-11,13H2. The number of rotatable bonds is 6. The van der Waals surface area contributed by atoms with Gasteiger partial charge in [-0.2, -0.15) is 0 Å². The van der Waals surface area contributed by atoms with Gasteiger partial charge in [-0.05, 0) is 44.4 Å². The molecule has 0 radical (unpaired) electrons. The molecule has 3 nitrogen and oxygen atoms in total. The van der Waals surface area contributed by atoms with E-state index in [1.807, 2.05) is 18.2 Å². The lowest BCUT2D eigenvalue weighted by Crippen LogP contribution is -2.36. The van der Waals surface area contributed by atoms with Crippen LogP contribution in [0.3, 0.4) is 0 Å². The van der Waals surface area contributed by atoms with Crippen molar-refractivity contribution in [2.24, 2.45) is 0 Å². The van der Waals surface area contributed by atoms with Gasteiger partial charge in [0.05, 0.1) is 6.26 Å². The Morgan fingerprint density at radius 1 is 1.47 bits per heavy atom. The predicted octanol–water partition coefficient (Wildman–Crippen LogP) is 3.52. The topological polar surface area (TPSA) is 36.6 Å². The molecule has 106 valence electrons. The van der Waals surface area contributed by atoms with E-state index < -0.39 is 6.10 Å². The summed E-state index contributed by atoms with van der Waals surface area (Å²) < 4.78 is 5.30. The van der Waals surface area contributed by atoms with Crippen LogP contribution in [0.1, 0.15) is 50.4 Å². The molecular formula is C16H25NO2. The zero-order valence-corrected chi connectivity index (χ0v) is 11.6. The molecule has 2 unspecified atom stereocenters. The Morgan fingerprint density at radius 3 is 3.11 bits per heavy atom. The van der Waals surface area contributed by atoms with Crippen LogP contribution >= 0.6 is 0 Å². The molecule has 2 heterocycles. The summed E-state index contributed by atoms with van der Waals surface area (Å²) in [5, 5.41) is 10.3. The van der Waals surface area contributed by atoms with Gasteiger partial charge < -0.3 is 9.52 Å². The quantitative estimate of drug-likeness (QED) is 0.798. The molecule has 0 spiro atoms. The Balaban J connectivity index is 1.95. The van der Waals surface area contributed by atoms with Crippen molar-refractivity contribution in [2.75, 3.05) is 13.1 Å². The molecule has 2 rings (SSSR count). The molecule has 1 fully saturated rings. The van der Waals surface area contributed by atoms with Crippen LogP contribution in [0.25, 0.3) is 0 Å². The SMILES string of the molecule is C=CCCN1CCCCCC1CC(O)c1ccco1. The Labute approximate surface area is 115 Å². The van der Waals surface area contributed by atoms with E-state index >= 15 is 0 Å². The fraction of sp³-hybridized carbons (Fsp3) is 0.625. The zero-order valence-electron chi connectivity index (χ0n) is 11.6. The molecule has 1 aromatic heterocycles. The lowest BCUT2D eigenvalue weighted by Gasteiger charge is -2.30. The Morgan fingerprint density at radius 2 is 2.37 bits per heavy atom. The Kier molecular flexibility index (Phi) is 5.67. The summed E-state index contributed by atoms with van der Waals surface area (Å²) >= 11 is 0. The van der Waals surface area contributed by atoms with E-state index in [0.717, 1.165) is 25.9 Å². The fourth-order valence-electron chi connectivity index (χ4n) is 2.91. The van der Waals surface area contributed by atoms with Crippen LogP contribution in [-0.2, 0) is 0 Å². The first kappa shape index (κ1) is 14.4. The second kappa shape index (κ2) is 7.51. The third-order valence-electron chi connectivity index (χ3n) is 3.99. The molecule has 0 aromatic carbocycles. The van der Waals surface area contributed by atoms with Gasteiger partial charge in [-0.1, -0.05) is 18.9 Å². The molecule has 1 aliphatic heterocycles. The molecule has 0 bridgehead atoms. The third-order valence-corrected chi connectivity index (χ3v) is 3.99. The van der Waals surface area contributed by atoms with E-state index in [0.29, 0.717) is 11.8 Å². The van der Waals surface area contributed by atoms with Crippen LogP contribution in [-0.4, -0.2) is 29.1 Å². The van der Waals surface area contributed by atoms with Gasteiger partial charge in [0.2, 0.25) is 0 Å². The van der Waals surface area contributed by atoms with Crippen molar-refractivity contribution in [3.05, 3.63) is 36.8 Å². The van der Waals surface area contributed by atoms with Crippen molar-refractivity contribution in [3.63, 3.8) is 0 Å². The van der Waals surface area contributed by atoms with Crippen LogP contribution in [0.2, 0.25) is 0 Å². The molecule has 1 N–H and O–H groups in total. The van der Waals surface area contributed by atoms with Crippen LogP contribution in [0.4, 0.5) is 0 Å². The molecule has 1 aliphatic rings. The molecule has 0 aliphatic carbocycles. The summed E-state index contributed by atoms with van der Waals surface area (Å²) in [7, 11) is 0. The van der Waals surface area contributed by atoms with Gasteiger partial charge >= 0.3 is 0 Å². The van der Waals surface area contributed by atoms with Crippen molar-refractivity contribution >= 4 is 0 Å². The molecule has 1 aromatic rings. The van der Waals surface area contributed by atoms with Gasteiger partial charge in [-0.15, -0.1) is 6.58 Å². The Bertz CT molecular complexity index is 361. The smallest absolute Gasteiger partial charge is 0.132 e. The average molecular weight is 263 g/mol. The molecule has 1 saturated heterocycles. The van der Waals surface area contributed by atoms with Gasteiger partial charge in [0.25, 0.3) is 0 Å². The van der Waals surface area contributed by atoms with Crippen molar-refractivity contribution in [3.8, 4) is 0 Å². The number of hydrogen-bond acceptors (Lipinski definition) is 3. The van der Waals surface area contributed by atoms with E-state index in [1.54, 1.807) is 6.26 Å². The molecule has 2 atom stereocenters. The van der Waals surface area contributed by atoms with Crippen LogP contribution < -0.4 is 0 Å². The van der Waals surface area contributed by atoms with Gasteiger partial charge in [0, 0.05) is 12.6 Å². The van der Waals surface area contributed by atoms with E-state index in [1.165, 1.54) is 25.7 Å².